The summed E-state index contributed by atoms with van der Waals surface area (Å²) in [6.07, 6.45) is 0.837. The Hall–Kier alpha value is -0.580. The third-order valence-electron chi connectivity index (χ3n) is 3.14. The quantitative estimate of drug-likeness (QED) is 0.869. The molecule has 1 saturated heterocycles. The minimum Gasteiger partial charge on any atom is -0.394 e. The Kier molecular flexibility index (Phi) is 3.24. The van der Waals surface area contributed by atoms with Crippen molar-refractivity contribution in [2.75, 3.05) is 24.6 Å². The van der Waals surface area contributed by atoms with E-state index >= 15 is 0 Å². The monoisotopic (exact) mass is 284 g/mol. The topological polar surface area (TPSA) is 49.5 Å². The second-order valence-electron chi connectivity index (χ2n) is 4.65. The standard InChI is InChI=1S/C12H17BrN2O/c1-9-2-3-11(10(13)6-9)15-5-4-12(14,7-15)8-16/h2-3,6,16H,4-5,7-8,14H2,1H3. The fraction of sp³-hybridized carbons (Fsp3) is 0.500. The van der Waals surface area contributed by atoms with E-state index in [1.54, 1.807) is 0 Å². The molecule has 0 radical (unpaired) electrons. The minimum atomic E-state index is -0.440. The summed E-state index contributed by atoms with van der Waals surface area (Å²) in [6.45, 7) is 3.73. The van der Waals surface area contributed by atoms with Crippen molar-refractivity contribution in [3.63, 3.8) is 0 Å². The summed E-state index contributed by atoms with van der Waals surface area (Å²) < 4.78 is 1.09. The molecule has 1 aromatic rings. The molecule has 3 N–H and O–H groups in total. The van der Waals surface area contributed by atoms with Crippen molar-refractivity contribution in [1.82, 2.24) is 0 Å². The zero-order valence-corrected chi connectivity index (χ0v) is 11.0. The van der Waals surface area contributed by atoms with Crippen molar-refractivity contribution >= 4 is 21.6 Å². The van der Waals surface area contributed by atoms with E-state index in [-0.39, 0.29) is 6.61 Å². The second-order valence-corrected chi connectivity index (χ2v) is 5.50. The van der Waals surface area contributed by atoms with Gasteiger partial charge in [0, 0.05) is 17.6 Å². The molecule has 0 amide bonds. The number of hydrogen-bond acceptors (Lipinski definition) is 3. The number of benzene rings is 1. The van der Waals surface area contributed by atoms with Crippen LogP contribution in [0.3, 0.4) is 0 Å². The van der Waals surface area contributed by atoms with Crippen molar-refractivity contribution in [3.8, 4) is 0 Å². The molecule has 1 heterocycles. The third-order valence-corrected chi connectivity index (χ3v) is 3.78. The Balaban J connectivity index is 2.21. The van der Waals surface area contributed by atoms with Crippen LogP contribution in [0.1, 0.15) is 12.0 Å². The van der Waals surface area contributed by atoms with Gasteiger partial charge in [0.2, 0.25) is 0 Å². The van der Waals surface area contributed by atoms with E-state index in [2.05, 4.69) is 46.0 Å². The van der Waals surface area contributed by atoms with Crippen molar-refractivity contribution in [2.24, 2.45) is 5.73 Å². The van der Waals surface area contributed by atoms with Gasteiger partial charge in [0.1, 0.15) is 0 Å². The summed E-state index contributed by atoms with van der Waals surface area (Å²) in [5.41, 5.74) is 8.01. The first-order valence-electron chi connectivity index (χ1n) is 5.45. The van der Waals surface area contributed by atoms with Crippen molar-refractivity contribution in [2.45, 2.75) is 18.9 Å². The van der Waals surface area contributed by atoms with Gasteiger partial charge in [-0.05, 0) is 47.0 Å². The molecule has 4 heteroatoms. The summed E-state index contributed by atoms with van der Waals surface area (Å²) in [7, 11) is 0. The van der Waals surface area contributed by atoms with Gasteiger partial charge in [0.15, 0.2) is 0 Å². The SMILES string of the molecule is Cc1ccc(N2CCC(N)(CO)C2)c(Br)c1. The number of hydrogen-bond donors (Lipinski definition) is 2. The van der Waals surface area contributed by atoms with E-state index in [4.69, 9.17) is 5.73 Å². The molecule has 2 rings (SSSR count). The van der Waals surface area contributed by atoms with Crippen LogP contribution in [0.4, 0.5) is 5.69 Å². The lowest BCUT2D eigenvalue weighted by atomic mass is 10.0. The van der Waals surface area contributed by atoms with Crippen molar-refractivity contribution in [3.05, 3.63) is 28.2 Å². The average Bonchev–Trinajstić information content (AvgIpc) is 2.62. The van der Waals surface area contributed by atoms with Crippen LogP contribution in [0.15, 0.2) is 22.7 Å². The van der Waals surface area contributed by atoms with Crippen LogP contribution in [0.5, 0.6) is 0 Å². The Morgan fingerprint density at radius 1 is 1.56 bits per heavy atom. The molecule has 0 saturated carbocycles. The van der Waals surface area contributed by atoms with Gasteiger partial charge in [0.05, 0.1) is 17.8 Å². The van der Waals surface area contributed by atoms with E-state index < -0.39 is 5.54 Å². The van der Waals surface area contributed by atoms with Crippen LogP contribution >= 0.6 is 15.9 Å². The highest BCUT2D eigenvalue weighted by Gasteiger charge is 2.34. The fourth-order valence-electron chi connectivity index (χ4n) is 2.10. The van der Waals surface area contributed by atoms with Gasteiger partial charge < -0.3 is 15.7 Å². The summed E-state index contributed by atoms with van der Waals surface area (Å²) in [6, 6.07) is 6.29. The normalized spacial score (nSPS) is 25.1. The molecule has 0 aromatic heterocycles. The smallest absolute Gasteiger partial charge is 0.0629 e. The number of rotatable bonds is 2. The van der Waals surface area contributed by atoms with Crippen LogP contribution in [0.2, 0.25) is 0 Å². The lowest BCUT2D eigenvalue weighted by Crippen LogP contribution is -2.46. The molecule has 1 fully saturated rings. The zero-order valence-electron chi connectivity index (χ0n) is 9.41. The first-order valence-corrected chi connectivity index (χ1v) is 6.24. The van der Waals surface area contributed by atoms with E-state index in [1.165, 1.54) is 5.56 Å². The largest absolute Gasteiger partial charge is 0.394 e. The number of aliphatic hydroxyl groups is 1. The molecule has 16 heavy (non-hydrogen) atoms. The molecule has 1 unspecified atom stereocenters. The lowest BCUT2D eigenvalue weighted by molar-refractivity contribution is 0.210. The minimum absolute atomic E-state index is 0.0486. The Morgan fingerprint density at radius 2 is 2.31 bits per heavy atom. The van der Waals surface area contributed by atoms with Gasteiger partial charge in [-0.25, -0.2) is 0 Å². The zero-order chi connectivity index (χ0) is 11.8. The Bertz CT molecular complexity index is 397. The van der Waals surface area contributed by atoms with Gasteiger partial charge in [-0.3, -0.25) is 0 Å². The molecule has 88 valence electrons. The average molecular weight is 285 g/mol. The molecule has 0 aliphatic carbocycles. The van der Waals surface area contributed by atoms with E-state index in [0.29, 0.717) is 6.54 Å². The van der Waals surface area contributed by atoms with E-state index in [0.717, 1.165) is 23.1 Å². The predicted octanol–water partition coefficient (Wildman–Crippen LogP) is 1.66. The molecular weight excluding hydrogens is 268 g/mol. The predicted molar refractivity (Wildman–Crippen MR) is 69.7 cm³/mol. The van der Waals surface area contributed by atoms with Crippen molar-refractivity contribution in [1.29, 1.82) is 0 Å². The summed E-state index contributed by atoms with van der Waals surface area (Å²) in [5, 5.41) is 9.24. The van der Waals surface area contributed by atoms with Crippen LogP contribution in [0.25, 0.3) is 0 Å². The van der Waals surface area contributed by atoms with Crippen LogP contribution < -0.4 is 10.6 Å². The molecule has 3 nitrogen and oxygen atoms in total. The summed E-state index contributed by atoms with van der Waals surface area (Å²) in [5.74, 6) is 0. The molecule has 1 aliphatic heterocycles. The Morgan fingerprint density at radius 3 is 2.88 bits per heavy atom. The maximum absolute atomic E-state index is 9.24. The van der Waals surface area contributed by atoms with Crippen molar-refractivity contribution < 1.29 is 5.11 Å². The highest BCUT2D eigenvalue weighted by Crippen LogP contribution is 2.31. The number of nitrogens with zero attached hydrogens (tertiary/aromatic N) is 1. The number of nitrogens with two attached hydrogens (primary N) is 1. The highest BCUT2D eigenvalue weighted by atomic mass is 79.9. The maximum Gasteiger partial charge on any atom is 0.0629 e. The number of aliphatic hydroxyl groups excluding tert-OH is 1. The van der Waals surface area contributed by atoms with Crippen LogP contribution in [-0.4, -0.2) is 30.3 Å². The van der Waals surface area contributed by atoms with E-state index in [1.807, 2.05) is 0 Å². The first kappa shape index (κ1) is 11.9. The molecule has 0 bridgehead atoms. The Labute approximate surface area is 104 Å². The van der Waals surface area contributed by atoms with Gasteiger partial charge in [0.25, 0.3) is 0 Å². The molecule has 0 spiro atoms. The van der Waals surface area contributed by atoms with Crippen LogP contribution in [0, 0.1) is 6.92 Å². The second kappa shape index (κ2) is 4.35. The van der Waals surface area contributed by atoms with Gasteiger partial charge >= 0.3 is 0 Å². The third kappa shape index (κ3) is 2.24. The first-order chi connectivity index (χ1) is 7.54. The summed E-state index contributed by atoms with van der Waals surface area (Å²) >= 11 is 3.57. The molecular formula is C12H17BrN2O. The molecule has 1 aromatic carbocycles. The highest BCUT2D eigenvalue weighted by molar-refractivity contribution is 9.10. The fourth-order valence-corrected chi connectivity index (χ4v) is 2.84. The maximum atomic E-state index is 9.24. The lowest BCUT2D eigenvalue weighted by Gasteiger charge is -2.24. The van der Waals surface area contributed by atoms with Gasteiger partial charge in [-0.15, -0.1) is 0 Å². The van der Waals surface area contributed by atoms with Gasteiger partial charge in [-0.1, -0.05) is 6.07 Å². The number of aryl methyl sites for hydroxylation is 1. The van der Waals surface area contributed by atoms with Crippen LogP contribution in [-0.2, 0) is 0 Å². The number of anilines is 1. The van der Waals surface area contributed by atoms with E-state index in [9.17, 15) is 5.11 Å². The molecule has 1 atom stereocenters. The molecule has 1 aliphatic rings. The van der Waals surface area contributed by atoms with Gasteiger partial charge in [-0.2, -0.15) is 0 Å². The number of halogens is 1. The summed E-state index contributed by atoms with van der Waals surface area (Å²) in [4.78, 5) is 2.22.